The van der Waals surface area contributed by atoms with Gasteiger partial charge in [0.1, 0.15) is 6.04 Å². The van der Waals surface area contributed by atoms with E-state index in [2.05, 4.69) is 23.6 Å². The van der Waals surface area contributed by atoms with E-state index in [9.17, 15) is 4.79 Å². The topological polar surface area (TPSA) is 32.8 Å². The number of nitrogens with zero attached hydrogens (tertiary/aromatic N) is 2. The molecule has 0 saturated carbocycles. The summed E-state index contributed by atoms with van der Waals surface area (Å²) in [6, 6.07) is -0.0287. The molecule has 0 aliphatic carbocycles. The van der Waals surface area contributed by atoms with Crippen LogP contribution in [0.3, 0.4) is 0 Å². The highest BCUT2D eigenvalue weighted by molar-refractivity contribution is 5.75. The number of piperazine rings is 1. The third-order valence-electron chi connectivity index (χ3n) is 3.42. The van der Waals surface area contributed by atoms with Gasteiger partial charge < -0.3 is 9.64 Å². The molecule has 1 aliphatic heterocycles. The minimum absolute atomic E-state index is 0.0287. The average Bonchev–Trinajstić information content (AvgIpc) is 2.36. The van der Waals surface area contributed by atoms with Crippen LogP contribution < -0.4 is 0 Å². The summed E-state index contributed by atoms with van der Waals surface area (Å²) in [5.41, 5.74) is 0. The van der Waals surface area contributed by atoms with Crippen LogP contribution >= 0.6 is 0 Å². The Morgan fingerprint density at radius 3 is 2.29 bits per heavy atom. The molecule has 0 aromatic carbocycles. The maximum atomic E-state index is 11.9. The fraction of sp³-hybridized carbons (Fsp3) is 0.923. The number of carbonyl (C=O) groups is 1. The predicted octanol–water partition coefficient (Wildman–Crippen LogP) is 1.36. The van der Waals surface area contributed by atoms with Crippen LogP contribution in [-0.2, 0) is 9.53 Å². The first-order valence-corrected chi connectivity index (χ1v) is 6.85. The van der Waals surface area contributed by atoms with Crippen molar-refractivity contribution in [3.05, 3.63) is 0 Å². The summed E-state index contributed by atoms with van der Waals surface area (Å²) in [5, 5.41) is 0. The zero-order valence-corrected chi connectivity index (χ0v) is 11.4. The maximum absolute atomic E-state index is 11.9. The van der Waals surface area contributed by atoms with Crippen molar-refractivity contribution >= 4 is 5.97 Å². The Morgan fingerprint density at radius 1 is 1.18 bits per heavy atom. The lowest BCUT2D eigenvalue weighted by molar-refractivity contribution is -0.150. The Morgan fingerprint density at radius 2 is 1.82 bits per heavy atom. The van der Waals surface area contributed by atoms with Crippen molar-refractivity contribution in [2.45, 2.75) is 39.7 Å². The van der Waals surface area contributed by atoms with Gasteiger partial charge in [-0.1, -0.05) is 20.3 Å². The molecule has 0 amide bonds. The Labute approximate surface area is 105 Å². The smallest absolute Gasteiger partial charge is 0.323 e. The molecular formula is C13H26N2O2. The number of hydrogen-bond donors (Lipinski definition) is 0. The molecule has 1 rings (SSSR count). The first-order valence-electron chi connectivity index (χ1n) is 6.85. The molecule has 1 fully saturated rings. The average molecular weight is 242 g/mol. The minimum Gasteiger partial charge on any atom is -0.465 e. The van der Waals surface area contributed by atoms with E-state index in [0.717, 1.165) is 45.6 Å². The Bertz CT molecular complexity index is 225. The van der Waals surface area contributed by atoms with E-state index in [4.69, 9.17) is 4.74 Å². The summed E-state index contributed by atoms with van der Waals surface area (Å²) in [4.78, 5) is 16.6. The van der Waals surface area contributed by atoms with Crippen molar-refractivity contribution in [1.82, 2.24) is 9.80 Å². The van der Waals surface area contributed by atoms with Crippen LogP contribution in [0.5, 0.6) is 0 Å². The van der Waals surface area contributed by atoms with E-state index < -0.39 is 0 Å². The molecule has 0 radical (unpaired) electrons. The molecule has 1 atom stereocenters. The van der Waals surface area contributed by atoms with E-state index in [0.29, 0.717) is 6.61 Å². The van der Waals surface area contributed by atoms with E-state index in [1.165, 1.54) is 0 Å². The lowest BCUT2D eigenvalue weighted by Gasteiger charge is -2.37. The van der Waals surface area contributed by atoms with Crippen molar-refractivity contribution in [3.63, 3.8) is 0 Å². The van der Waals surface area contributed by atoms with Gasteiger partial charge in [0.15, 0.2) is 0 Å². The SMILES string of the molecule is CCCC(C(=O)OCC)N1CCN(CC)CC1. The van der Waals surface area contributed by atoms with Gasteiger partial charge in [-0.2, -0.15) is 0 Å². The summed E-state index contributed by atoms with van der Waals surface area (Å²) in [6.45, 7) is 11.9. The molecule has 0 bridgehead atoms. The van der Waals surface area contributed by atoms with Gasteiger partial charge in [0.2, 0.25) is 0 Å². The van der Waals surface area contributed by atoms with Crippen LogP contribution in [0.1, 0.15) is 33.6 Å². The second-order valence-electron chi connectivity index (χ2n) is 4.53. The highest BCUT2D eigenvalue weighted by atomic mass is 16.5. The zero-order valence-electron chi connectivity index (χ0n) is 11.4. The molecule has 0 aromatic rings. The maximum Gasteiger partial charge on any atom is 0.323 e. The van der Waals surface area contributed by atoms with Gasteiger partial charge in [-0.15, -0.1) is 0 Å². The fourth-order valence-corrected chi connectivity index (χ4v) is 2.35. The van der Waals surface area contributed by atoms with Gasteiger partial charge in [-0.05, 0) is 19.9 Å². The number of rotatable bonds is 6. The monoisotopic (exact) mass is 242 g/mol. The standard InChI is InChI=1S/C13H26N2O2/c1-4-7-12(13(16)17-6-3)15-10-8-14(5-2)9-11-15/h12H,4-11H2,1-3H3. The second kappa shape index (κ2) is 7.67. The van der Waals surface area contributed by atoms with Gasteiger partial charge in [0.25, 0.3) is 0 Å². The summed E-state index contributed by atoms with van der Waals surface area (Å²) >= 11 is 0. The molecule has 1 saturated heterocycles. The highest BCUT2D eigenvalue weighted by Gasteiger charge is 2.28. The first kappa shape index (κ1) is 14.5. The quantitative estimate of drug-likeness (QED) is 0.658. The lowest BCUT2D eigenvalue weighted by atomic mass is 10.1. The van der Waals surface area contributed by atoms with E-state index >= 15 is 0 Å². The largest absolute Gasteiger partial charge is 0.465 e. The normalized spacial score (nSPS) is 20.2. The molecule has 100 valence electrons. The molecule has 1 aliphatic rings. The zero-order chi connectivity index (χ0) is 12.7. The Hall–Kier alpha value is -0.610. The number of hydrogen-bond acceptors (Lipinski definition) is 4. The Kier molecular flexibility index (Phi) is 6.52. The number of carbonyl (C=O) groups excluding carboxylic acids is 1. The van der Waals surface area contributed by atoms with Crippen LogP contribution in [0, 0.1) is 0 Å². The van der Waals surface area contributed by atoms with Crippen molar-refractivity contribution in [1.29, 1.82) is 0 Å². The van der Waals surface area contributed by atoms with Gasteiger partial charge in [-0.25, -0.2) is 0 Å². The number of likely N-dealkylation sites (N-methyl/N-ethyl adjacent to an activating group) is 1. The number of ether oxygens (including phenoxy) is 1. The van der Waals surface area contributed by atoms with Crippen LogP contribution in [-0.4, -0.2) is 61.1 Å². The molecule has 17 heavy (non-hydrogen) atoms. The molecule has 0 spiro atoms. The highest BCUT2D eigenvalue weighted by Crippen LogP contribution is 2.12. The van der Waals surface area contributed by atoms with Crippen molar-refractivity contribution in [2.75, 3.05) is 39.3 Å². The molecule has 4 nitrogen and oxygen atoms in total. The van der Waals surface area contributed by atoms with Gasteiger partial charge in [0.05, 0.1) is 6.61 Å². The molecule has 1 heterocycles. The fourth-order valence-electron chi connectivity index (χ4n) is 2.35. The first-order chi connectivity index (χ1) is 8.22. The van der Waals surface area contributed by atoms with Crippen LogP contribution in [0.15, 0.2) is 0 Å². The van der Waals surface area contributed by atoms with Crippen LogP contribution in [0.2, 0.25) is 0 Å². The van der Waals surface area contributed by atoms with Gasteiger partial charge >= 0.3 is 5.97 Å². The van der Waals surface area contributed by atoms with Crippen molar-refractivity contribution in [2.24, 2.45) is 0 Å². The van der Waals surface area contributed by atoms with E-state index in [-0.39, 0.29) is 12.0 Å². The van der Waals surface area contributed by atoms with E-state index in [1.807, 2.05) is 6.92 Å². The van der Waals surface area contributed by atoms with Crippen molar-refractivity contribution in [3.8, 4) is 0 Å². The summed E-state index contributed by atoms with van der Waals surface area (Å²) < 4.78 is 5.17. The summed E-state index contributed by atoms with van der Waals surface area (Å²) in [5.74, 6) is -0.0423. The molecule has 4 heteroatoms. The van der Waals surface area contributed by atoms with E-state index in [1.54, 1.807) is 0 Å². The van der Waals surface area contributed by atoms with Gasteiger partial charge in [0, 0.05) is 26.2 Å². The van der Waals surface area contributed by atoms with Crippen LogP contribution in [0.4, 0.5) is 0 Å². The molecule has 0 aromatic heterocycles. The molecular weight excluding hydrogens is 216 g/mol. The summed E-state index contributed by atoms with van der Waals surface area (Å²) in [7, 11) is 0. The minimum atomic E-state index is -0.0423. The number of esters is 1. The van der Waals surface area contributed by atoms with Crippen molar-refractivity contribution < 1.29 is 9.53 Å². The third-order valence-corrected chi connectivity index (χ3v) is 3.42. The molecule has 0 N–H and O–H groups in total. The predicted molar refractivity (Wildman–Crippen MR) is 69.0 cm³/mol. The van der Waals surface area contributed by atoms with Gasteiger partial charge in [-0.3, -0.25) is 9.69 Å². The van der Waals surface area contributed by atoms with Crippen LogP contribution in [0.25, 0.3) is 0 Å². The second-order valence-corrected chi connectivity index (χ2v) is 4.53. The lowest BCUT2D eigenvalue weighted by Crippen LogP contribution is -2.52. The Balaban J connectivity index is 2.50. The summed E-state index contributed by atoms with van der Waals surface area (Å²) in [6.07, 6.45) is 1.93. The third kappa shape index (κ3) is 4.28. The molecule has 1 unspecified atom stereocenters.